The summed E-state index contributed by atoms with van der Waals surface area (Å²) in [6, 6.07) is 15.0. The van der Waals surface area contributed by atoms with Crippen molar-refractivity contribution in [2.45, 2.75) is 12.5 Å². The van der Waals surface area contributed by atoms with E-state index >= 15 is 0 Å². The number of hydrogen-bond donors (Lipinski definition) is 2. The molecule has 6 heteroatoms. The molecule has 0 bridgehead atoms. The monoisotopic (exact) mass is 335 g/mol. The summed E-state index contributed by atoms with van der Waals surface area (Å²) in [6.07, 6.45) is 0.704. The smallest absolute Gasteiger partial charge is 0.272 e. The third kappa shape index (κ3) is 2.92. The van der Waals surface area contributed by atoms with Gasteiger partial charge >= 0.3 is 0 Å². The van der Waals surface area contributed by atoms with Gasteiger partial charge in [0.25, 0.3) is 11.5 Å². The molecule has 0 spiro atoms. The highest BCUT2D eigenvalue weighted by Gasteiger charge is 2.22. The number of nitrogens with one attached hydrogen (secondary N) is 2. The van der Waals surface area contributed by atoms with E-state index in [4.69, 9.17) is 4.74 Å². The number of rotatable bonds is 3. The molecule has 0 saturated heterocycles. The van der Waals surface area contributed by atoms with Crippen LogP contribution in [0.15, 0.2) is 53.3 Å². The normalized spacial score (nSPS) is 16.4. The van der Waals surface area contributed by atoms with Gasteiger partial charge in [-0.2, -0.15) is 5.10 Å². The van der Waals surface area contributed by atoms with Crippen LogP contribution in [0.4, 0.5) is 0 Å². The molecule has 2 heterocycles. The predicted octanol–water partition coefficient (Wildman–Crippen LogP) is 1.97. The van der Waals surface area contributed by atoms with Gasteiger partial charge in [-0.3, -0.25) is 9.59 Å². The van der Waals surface area contributed by atoms with Gasteiger partial charge in [-0.05, 0) is 23.6 Å². The van der Waals surface area contributed by atoms with Crippen LogP contribution < -0.4 is 10.9 Å². The maximum atomic E-state index is 12.6. The fraction of sp³-hybridized carbons (Fsp3) is 0.211. The molecule has 0 radical (unpaired) electrons. The fourth-order valence-electron chi connectivity index (χ4n) is 3.20. The van der Waals surface area contributed by atoms with Gasteiger partial charge in [-0.15, -0.1) is 0 Å². The van der Waals surface area contributed by atoms with E-state index < -0.39 is 0 Å². The van der Waals surface area contributed by atoms with E-state index in [0.717, 1.165) is 12.0 Å². The van der Waals surface area contributed by atoms with Crippen LogP contribution in [0.5, 0.6) is 0 Å². The molecule has 0 aliphatic carbocycles. The molecule has 0 fully saturated rings. The summed E-state index contributed by atoms with van der Waals surface area (Å²) in [5.41, 5.74) is 2.25. The number of fused-ring (bicyclic) bond motifs is 2. The van der Waals surface area contributed by atoms with Crippen LogP contribution >= 0.6 is 0 Å². The molecule has 6 nitrogen and oxygen atoms in total. The van der Waals surface area contributed by atoms with Gasteiger partial charge < -0.3 is 10.1 Å². The number of amides is 1. The second-order valence-electron chi connectivity index (χ2n) is 5.97. The number of hydrogen-bond acceptors (Lipinski definition) is 4. The number of carbonyl (C=O) groups excluding carboxylic acids is 1. The Balaban J connectivity index is 1.56. The van der Waals surface area contributed by atoms with Gasteiger partial charge in [-0.1, -0.05) is 42.5 Å². The van der Waals surface area contributed by atoms with Crippen LogP contribution in [0.25, 0.3) is 10.8 Å². The summed E-state index contributed by atoms with van der Waals surface area (Å²) in [7, 11) is 0. The molecule has 2 N–H and O–H groups in total. The Kier molecular flexibility index (Phi) is 4.03. The first-order valence-electron chi connectivity index (χ1n) is 8.19. The molecule has 0 saturated carbocycles. The molecule has 126 valence electrons. The molecule has 1 aliphatic heterocycles. The van der Waals surface area contributed by atoms with Crippen LogP contribution in [-0.2, 0) is 11.2 Å². The summed E-state index contributed by atoms with van der Waals surface area (Å²) >= 11 is 0. The molecular formula is C19H17N3O3. The summed E-state index contributed by atoms with van der Waals surface area (Å²) < 4.78 is 5.80. The van der Waals surface area contributed by atoms with Gasteiger partial charge in [0.2, 0.25) is 0 Å². The first kappa shape index (κ1) is 15.5. The number of nitrogens with zero attached hydrogens (tertiary/aromatic N) is 1. The average Bonchev–Trinajstić information content (AvgIpc) is 2.66. The molecular weight excluding hydrogens is 318 g/mol. The van der Waals surface area contributed by atoms with Gasteiger partial charge in [0.15, 0.2) is 5.69 Å². The summed E-state index contributed by atoms with van der Waals surface area (Å²) in [5, 5.41) is 10.2. The lowest BCUT2D eigenvalue weighted by atomic mass is 9.97. The Hall–Kier alpha value is -2.99. The van der Waals surface area contributed by atoms with Crippen molar-refractivity contribution in [1.82, 2.24) is 15.5 Å². The van der Waals surface area contributed by atoms with E-state index in [2.05, 4.69) is 21.6 Å². The van der Waals surface area contributed by atoms with Crippen molar-refractivity contribution in [2.24, 2.45) is 0 Å². The maximum Gasteiger partial charge on any atom is 0.272 e. The first-order valence-corrected chi connectivity index (χ1v) is 8.19. The van der Waals surface area contributed by atoms with E-state index in [1.165, 1.54) is 5.56 Å². The summed E-state index contributed by atoms with van der Waals surface area (Å²) in [5.74, 6) is -0.334. The van der Waals surface area contributed by atoms with Crippen molar-refractivity contribution in [3.63, 3.8) is 0 Å². The van der Waals surface area contributed by atoms with E-state index in [1.54, 1.807) is 24.3 Å². The Bertz CT molecular complexity index is 996. The molecule has 25 heavy (non-hydrogen) atoms. The van der Waals surface area contributed by atoms with Crippen molar-refractivity contribution in [3.8, 4) is 0 Å². The molecule has 3 aromatic rings. The zero-order valence-corrected chi connectivity index (χ0v) is 13.5. The quantitative estimate of drug-likeness (QED) is 0.766. The van der Waals surface area contributed by atoms with Gasteiger partial charge in [0, 0.05) is 11.9 Å². The van der Waals surface area contributed by atoms with Crippen molar-refractivity contribution >= 4 is 16.7 Å². The number of aromatic amines is 1. The number of aromatic nitrogens is 2. The van der Waals surface area contributed by atoms with Crippen LogP contribution in [0.3, 0.4) is 0 Å². The third-order valence-electron chi connectivity index (χ3n) is 4.45. The van der Waals surface area contributed by atoms with Gasteiger partial charge in [0.05, 0.1) is 12.0 Å². The summed E-state index contributed by atoms with van der Waals surface area (Å²) in [6.45, 7) is 0.988. The molecule has 1 atom stereocenters. The number of H-pyrrole nitrogens is 1. The molecule has 1 unspecified atom stereocenters. The standard InChI is InChI=1S/C19H17N3O3/c23-18-15-8-4-3-7-14(15)17(21-22-18)19(24)20-11-16-13-6-2-1-5-12(13)9-10-25-16/h1-8,16H,9-11H2,(H,20,24)(H,22,23). The highest BCUT2D eigenvalue weighted by atomic mass is 16.5. The van der Waals surface area contributed by atoms with Gasteiger partial charge in [0.1, 0.15) is 6.10 Å². The maximum absolute atomic E-state index is 12.6. The predicted molar refractivity (Wildman–Crippen MR) is 93.5 cm³/mol. The lowest BCUT2D eigenvalue weighted by Gasteiger charge is -2.26. The third-order valence-corrected chi connectivity index (χ3v) is 4.45. The molecule has 4 rings (SSSR count). The number of carbonyl (C=O) groups is 1. The topological polar surface area (TPSA) is 84.1 Å². The Labute approximate surface area is 143 Å². The highest BCUT2D eigenvalue weighted by molar-refractivity contribution is 6.04. The highest BCUT2D eigenvalue weighted by Crippen LogP contribution is 2.26. The largest absolute Gasteiger partial charge is 0.371 e. The SMILES string of the molecule is O=C(NCC1OCCc2ccccc21)c1n[nH]c(=O)c2ccccc12. The van der Waals surface area contributed by atoms with E-state index in [9.17, 15) is 9.59 Å². The second kappa shape index (κ2) is 6.49. The minimum Gasteiger partial charge on any atom is -0.371 e. The molecule has 2 aromatic carbocycles. The van der Waals surface area contributed by atoms with Crippen molar-refractivity contribution in [1.29, 1.82) is 0 Å². The molecule has 1 aromatic heterocycles. The number of ether oxygens (including phenoxy) is 1. The lowest BCUT2D eigenvalue weighted by Crippen LogP contribution is -2.33. The fourth-order valence-corrected chi connectivity index (χ4v) is 3.20. The Morgan fingerprint density at radius 2 is 1.92 bits per heavy atom. The molecule has 1 amide bonds. The van der Waals surface area contributed by atoms with Crippen LogP contribution in [0.1, 0.15) is 27.7 Å². The Morgan fingerprint density at radius 1 is 1.16 bits per heavy atom. The minimum absolute atomic E-state index is 0.178. The van der Waals surface area contributed by atoms with E-state index in [0.29, 0.717) is 23.9 Å². The van der Waals surface area contributed by atoms with Crippen LogP contribution in [-0.4, -0.2) is 29.3 Å². The van der Waals surface area contributed by atoms with Gasteiger partial charge in [-0.25, -0.2) is 5.10 Å². The average molecular weight is 335 g/mol. The number of benzene rings is 2. The summed E-state index contributed by atoms with van der Waals surface area (Å²) in [4.78, 5) is 24.4. The Morgan fingerprint density at radius 3 is 2.80 bits per heavy atom. The zero-order valence-electron chi connectivity index (χ0n) is 13.5. The zero-order chi connectivity index (χ0) is 17.2. The lowest BCUT2D eigenvalue weighted by molar-refractivity contribution is 0.0411. The van der Waals surface area contributed by atoms with E-state index in [-0.39, 0.29) is 23.3 Å². The molecule has 1 aliphatic rings. The minimum atomic E-state index is -0.334. The van der Waals surface area contributed by atoms with Crippen molar-refractivity contribution in [2.75, 3.05) is 13.2 Å². The first-order chi connectivity index (χ1) is 12.2. The van der Waals surface area contributed by atoms with Crippen molar-refractivity contribution in [3.05, 3.63) is 75.7 Å². The van der Waals surface area contributed by atoms with Crippen LogP contribution in [0, 0.1) is 0 Å². The van der Waals surface area contributed by atoms with Crippen LogP contribution in [0.2, 0.25) is 0 Å². The van der Waals surface area contributed by atoms with E-state index in [1.807, 2.05) is 18.2 Å². The second-order valence-corrected chi connectivity index (χ2v) is 5.97. The van der Waals surface area contributed by atoms with Crippen molar-refractivity contribution < 1.29 is 9.53 Å².